The summed E-state index contributed by atoms with van der Waals surface area (Å²) in [5.41, 5.74) is 3.33. The van der Waals surface area contributed by atoms with Crippen molar-refractivity contribution in [3.63, 3.8) is 0 Å². The molecule has 0 aliphatic rings. The molecule has 0 aliphatic heterocycles. The minimum Gasteiger partial charge on any atom is -0.243 e. The van der Waals surface area contributed by atoms with Crippen LogP contribution in [0.3, 0.4) is 0 Å². The lowest BCUT2D eigenvalue weighted by atomic mass is 9.87. The van der Waals surface area contributed by atoms with Crippen molar-refractivity contribution in [2.75, 3.05) is 0 Å². The summed E-state index contributed by atoms with van der Waals surface area (Å²) >= 11 is 0. The first kappa shape index (κ1) is 11.5. The van der Waals surface area contributed by atoms with Crippen molar-refractivity contribution >= 4 is 6.08 Å². The van der Waals surface area contributed by atoms with E-state index < -0.39 is 0 Å². The molecule has 0 aliphatic carbocycles. The predicted molar refractivity (Wildman–Crippen MR) is 65.4 cm³/mol. The van der Waals surface area contributed by atoms with Crippen LogP contribution >= 0.6 is 0 Å². The second kappa shape index (κ2) is 4.31. The topological polar surface area (TPSA) is 4.36 Å². The molecule has 78 valence electrons. The normalized spacial score (nSPS) is 12.3. The Kier molecular flexibility index (Phi) is 3.31. The van der Waals surface area contributed by atoms with Crippen LogP contribution < -0.4 is 0 Å². The molecule has 0 radical (unpaired) electrons. The van der Waals surface area contributed by atoms with Gasteiger partial charge in [-0.1, -0.05) is 51.1 Å². The fourth-order valence-electron chi connectivity index (χ4n) is 1.35. The van der Waals surface area contributed by atoms with Crippen molar-refractivity contribution in [1.29, 1.82) is 0 Å². The fourth-order valence-corrected chi connectivity index (χ4v) is 1.35. The Hall–Kier alpha value is -1.55. The molecule has 0 aromatic heterocycles. The zero-order valence-electron chi connectivity index (χ0n) is 9.83. The van der Waals surface area contributed by atoms with Gasteiger partial charge >= 0.3 is 0 Å². The van der Waals surface area contributed by atoms with Crippen LogP contribution in [-0.4, -0.2) is 0 Å². The van der Waals surface area contributed by atoms with Crippen LogP contribution in [0, 0.1) is 6.57 Å². The lowest BCUT2D eigenvalue weighted by Gasteiger charge is -2.18. The Bertz CT molecular complexity index is 396. The van der Waals surface area contributed by atoms with E-state index in [1.54, 1.807) is 0 Å². The standard InChI is InChI=1S/C14H17N/c1-11(15-5)10-12-6-8-13(9-7-12)14(2,3)4/h6-10H,1-4H3/b11-10-. The van der Waals surface area contributed by atoms with Crippen molar-refractivity contribution in [3.05, 3.63) is 52.5 Å². The molecule has 0 bridgehead atoms. The lowest BCUT2D eigenvalue weighted by Crippen LogP contribution is -2.10. The zero-order chi connectivity index (χ0) is 11.5. The molecular formula is C14H17N. The predicted octanol–water partition coefficient (Wildman–Crippen LogP) is 4.26. The molecule has 15 heavy (non-hydrogen) atoms. The van der Waals surface area contributed by atoms with Crippen LogP contribution in [0.1, 0.15) is 38.8 Å². The molecule has 0 amide bonds. The molecule has 1 aromatic rings. The molecule has 0 unspecified atom stereocenters. The maximum atomic E-state index is 6.86. The van der Waals surface area contributed by atoms with E-state index in [1.807, 2.05) is 13.0 Å². The van der Waals surface area contributed by atoms with Crippen LogP contribution in [0.4, 0.5) is 0 Å². The van der Waals surface area contributed by atoms with E-state index in [0.29, 0.717) is 0 Å². The molecule has 0 saturated heterocycles. The number of hydrogen-bond donors (Lipinski definition) is 0. The molecule has 0 N–H and O–H groups in total. The highest BCUT2D eigenvalue weighted by molar-refractivity contribution is 5.54. The Balaban J connectivity index is 2.97. The summed E-state index contributed by atoms with van der Waals surface area (Å²) in [4.78, 5) is 3.37. The first-order valence-corrected chi connectivity index (χ1v) is 5.10. The Morgan fingerprint density at radius 3 is 2.13 bits per heavy atom. The quantitative estimate of drug-likeness (QED) is 0.595. The zero-order valence-corrected chi connectivity index (χ0v) is 9.83. The number of allylic oxidation sites excluding steroid dienone is 1. The number of hydrogen-bond acceptors (Lipinski definition) is 0. The first-order valence-electron chi connectivity index (χ1n) is 5.10. The van der Waals surface area contributed by atoms with Crippen LogP contribution in [-0.2, 0) is 5.41 Å². The van der Waals surface area contributed by atoms with Gasteiger partial charge in [0.25, 0.3) is 0 Å². The summed E-state index contributed by atoms with van der Waals surface area (Å²) in [6.07, 6.45) is 1.90. The van der Waals surface area contributed by atoms with E-state index in [1.165, 1.54) is 5.56 Å². The molecule has 0 saturated carbocycles. The van der Waals surface area contributed by atoms with E-state index in [2.05, 4.69) is 49.9 Å². The maximum Gasteiger partial charge on any atom is 0.163 e. The van der Waals surface area contributed by atoms with Crippen LogP contribution in [0.15, 0.2) is 30.0 Å². The van der Waals surface area contributed by atoms with Gasteiger partial charge in [-0.25, -0.2) is 4.85 Å². The fraction of sp³-hybridized carbons (Fsp3) is 0.357. The summed E-state index contributed by atoms with van der Waals surface area (Å²) in [7, 11) is 0. The van der Waals surface area contributed by atoms with Gasteiger partial charge in [0.2, 0.25) is 0 Å². The molecule has 1 aromatic carbocycles. The number of rotatable bonds is 1. The van der Waals surface area contributed by atoms with Gasteiger partial charge in [0.15, 0.2) is 5.70 Å². The van der Waals surface area contributed by atoms with Crippen molar-refractivity contribution in [2.24, 2.45) is 0 Å². The van der Waals surface area contributed by atoms with Gasteiger partial charge in [0.1, 0.15) is 0 Å². The molecule has 1 rings (SSSR count). The number of benzene rings is 1. The maximum absolute atomic E-state index is 6.86. The first-order chi connectivity index (χ1) is 6.93. The van der Waals surface area contributed by atoms with Crippen LogP contribution in [0.25, 0.3) is 10.9 Å². The summed E-state index contributed by atoms with van der Waals surface area (Å²) in [5, 5.41) is 0. The van der Waals surface area contributed by atoms with E-state index in [9.17, 15) is 0 Å². The van der Waals surface area contributed by atoms with Gasteiger partial charge in [-0.15, -0.1) is 0 Å². The van der Waals surface area contributed by atoms with E-state index in [0.717, 1.165) is 11.3 Å². The van der Waals surface area contributed by atoms with Crippen molar-refractivity contribution < 1.29 is 0 Å². The smallest absolute Gasteiger partial charge is 0.163 e. The van der Waals surface area contributed by atoms with Crippen molar-refractivity contribution in [2.45, 2.75) is 33.1 Å². The van der Waals surface area contributed by atoms with E-state index in [4.69, 9.17) is 6.57 Å². The Morgan fingerprint density at radius 1 is 1.20 bits per heavy atom. The summed E-state index contributed by atoms with van der Waals surface area (Å²) < 4.78 is 0. The van der Waals surface area contributed by atoms with E-state index in [-0.39, 0.29) is 5.41 Å². The third kappa shape index (κ3) is 3.25. The summed E-state index contributed by atoms with van der Waals surface area (Å²) in [5.74, 6) is 0. The second-order valence-corrected chi connectivity index (χ2v) is 4.77. The second-order valence-electron chi connectivity index (χ2n) is 4.77. The summed E-state index contributed by atoms with van der Waals surface area (Å²) in [6.45, 7) is 15.3. The SMILES string of the molecule is [C-]#[N+]/C(C)=C\c1ccc(C(C)(C)C)cc1. The average Bonchev–Trinajstić information content (AvgIpc) is 2.17. The van der Waals surface area contributed by atoms with Crippen LogP contribution in [0.2, 0.25) is 0 Å². The highest BCUT2D eigenvalue weighted by Crippen LogP contribution is 2.22. The third-order valence-corrected chi connectivity index (χ3v) is 2.33. The van der Waals surface area contributed by atoms with Gasteiger partial charge < -0.3 is 0 Å². The largest absolute Gasteiger partial charge is 0.243 e. The molecule has 1 nitrogen and oxygen atoms in total. The lowest BCUT2D eigenvalue weighted by molar-refractivity contribution is 0.590. The highest BCUT2D eigenvalue weighted by Gasteiger charge is 2.12. The molecule has 0 atom stereocenters. The van der Waals surface area contributed by atoms with Crippen LogP contribution in [0.5, 0.6) is 0 Å². The highest BCUT2D eigenvalue weighted by atomic mass is 14.6. The van der Waals surface area contributed by atoms with Crippen molar-refractivity contribution in [3.8, 4) is 0 Å². The average molecular weight is 199 g/mol. The van der Waals surface area contributed by atoms with Gasteiger partial charge in [-0.2, -0.15) is 0 Å². The molecule has 0 fully saturated rings. The number of nitrogens with zero attached hydrogens (tertiary/aromatic N) is 1. The Morgan fingerprint density at radius 2 is 1.73 bits per heavy atom. The summed E-state index contributed by atoms with van der Waals surface area (Å²) in [6, 6.07) is 8.39. The molecular weight excluding hydrogens is 182 g/mol. The van der Waals surface area contributed by atoms with Crippen molar-refractivity contribution in [1.82, 2.24) is 0 Å². The Labute approximate surface area is 92.3 Å². The van der Waals surface area contributed by atoms with Gasteiger partial charge in [-0.05, 0) is 23.5 Å². The molecule has 0 spiro atoms. The minimum absolute atomic E-state index is 0.192. The van der Waals surface area contributed by atoms with E-state index >= 15 is 0 Å². The molecule has 1 heteroatoms. The third-order valence-electron chi connectivity index (χ3n) is 2.33. The monoisotopic (exact) mass is 199 g/mol. The van der Waals surface area contributed by atoms with Gasteiger partial charge in [0.05, 0.1) is 6.57 Å². The van der Waals surface area contributed by atoms with Gasteiger partial charge in [0, 0.05) is 0 Å². The molecule has 0 heterocycles. The van der Waals surface area contributed by atoms with Gasteiger partial charge in [-0.3, -0.25) is 0 Å². The minimum atomic E-state index is 0.192.